The quantitative estimate of drug-likeness (QED) is 0.706. The molecule has 0 unspecified atom stereocenters. The number of carbonyl (C=O) groups excluding carboxylic acids is 1. The van der Waals surface area contributed by atoms with E-state index in [4.69, 9.17) is 11.6 Å². The third kappa shape index (κ3) is 3.46. The second kappa shape index (κ2) is 5.25. The largest absolute Gasteiger partial charge is 0.345 e. The van der Waals surface area contributed by atoms with Crippen molar-refractivity contribution >= 4 is 17.5 Å². The maximum Gasteiger partial charge on any atom is 0.217 e. The van der Waals surface area contributed by atoms with Gasteiger partial charge in [-0.25, -0.2) is 0 Å². The van der Waals surface area contributed by atoms with Gasteiger partial charge in [0.15, 0.2) is 0 Å². The molecule has 1 amide bonds. The number of nitrogens with zero attached hydrogens (tertiary/aromatic N) is 1. The first-order valence-electron chi connectivity index (χ1n) is 4.03. The molecule has 1 rings (SSSR count). The molecule has 3 nitrogen and oxygen atoms in total. The fourth-order valence-corrected chi connectivity index (χ4v) is 0.951. The minimum absolute atomic E-state index is 0.0971. The minimum atomic E-state index is -0.0971. The van der Waals surface area contributed by atoms with Gasteiger partial charge in [0, 0.05) is 24.9 Å². The molecule has 0 aliphatic heterocycles. The number of pyridine rings is 1. The van der Waals surface area contributed by atoms with Crippen LogP contribution < -0.4 is 5.32 Å². The van der Waals surface area contributed by atoms with E-state index in [0.717, 1.165) is 0 Å². The predicted molar refractivity (Wildman–Crippen MR) is 54.8 cm³/mol. The SMILES string of the molecule is CC(=O)NCC#Cc1ccncc1Cl. The summed E-state index contributed by atoms with van der Waals surface area (Å²) < 4.78 is 0. The summed E-state index contributed by atoms with van der Waals surface area (Å²) in [5.41, 5.74) is 0.715. The maximum absolute atomic E-state index is 10.5. The van der Waals surface area contributed by atoms with Gasteiger partial charge in [0.05, 0.1) is 11.6 Å². The lowest BCUT2D eigenvalue weighted by molar-refractivity contribution is -0.118. The molecule has 1 heterocycles. The van der Waals surface area contributed by atoms with Crippen molar-refractivity contribution in [3.63, 3.8) is 0 Å². The number of nitrogens with one attached hydrogen (secondary N) is 1. The van der Waals surface area contributed by atoms with E-state index in [2.05, 4.69) is 22.1 Å². The molecule has 1 aromatic rings. The van der Waals surface area contributed by atoms with Crippen LogP contribution in [-0.2, 0) is 4.79 Å². The molecule has 0 spiro atoms. The summed E-state index contributed by atoms with van der Waals surface area (Å²) in [5, 5.41) is 3.08. The highest BCUT2D eigenvalue weighted by Crippen LogP contribution is 2.10. The number of aromatic nitrogens is 1. The van der Waals surface area contributed by atoms with Gasteiger partial charge >= 0.3 is 0 Å². The summed E-state index contributed by atoms with van der Waals surface area (Å²) >= 11 is 5.81. The Morgan fingerprint density at radius 3 is 3.14 bits per heavy atom. The monoisotopic (exact) mass is 208 g/mol. The zero-order chi connectivity index (χ0) is 10.4. The molecule has 0 aromatic carbocycles. The van der Waals surface area contributed by atoms with E-state index >= 15 is 0 Å². The molecular formula is C10H9ClN2O. The van der Waals surface area contributed by atoms with Gasteiger partial charge in [0.1, 0.15) is 0 Å². The zero-order valence-electron chi connectivity index (χ0n) is 7.67. The van der Waals surface area contributed by atoms with Crippen molar-refractivity contribution in [1.29, 1.82) is 0 Å². The van der Waals surface area contributed by atoms with E-state index in [1.54, 1.807) is 12.3 Å². The molecule has 0 saturated carbocycles. The topological polar surface area (TPSA) is 42.0 Å². The lowest BCUT2D eigenvalue weighted by Crippen LogP contribution is -2.19. The van der Waals surface area contributed by atoms with Crippen LogP contribution in [0.25, 0.3) is 0 Å². The molecule has 1 N–H and O–H groups in total. The summed E-state index contributed by atoms with van der Waals surface area (Å²) in [6.45, 7) is 1.77. The van der Waals surface area contributed by atoms with Crippen molar-refractivity contribution in [2.75, 3.05) is 6.54 Å². The Balaban J connectivity index is 2.59. The highest BCUT2D eigenvalue weighted by atomic mass is 35.5. The number of hydrogen-bond acceptors (Lipinski definition) is 2. The van der Waals surface area contributed by atoms with Crippen LogP contribution in [0.1, 0.15) is 12.5 Å². The van der Waals surface area contributed by atoms with E-state index in [1.165, 1.54) is 13.1 Å². The lowest BCUT2D eigenvalue weighted by Gasteiger charge is -1.93. The summed E-state index contributed by atoms with van der Waals surface area (Å²) in [7, 11) is 0. The van der Waals surface area contributed by atoms with Gasteiger partial charge in [-0.15, -0.1) is 0 Å². The van der Waals surface area contributed by atoms with E-state index < -0.39 is 0 Å². The summed E-state index contributed by atoms with van der Waals surface area (Å²) in [5.74, 6) is 5.51. The Morgan fingerprint density at radius 2 is 2.50 bits per heavy atom. The third-order valence-electron chi connectivity index (χ3n) is 1.42. The highest BCUT2D eigenvalue weighted by Gasteiger charge is 1.93. The van der Waals surface area contributed by atoms with Crippen LogP contribution in [0.3, 0.4) is 0 Å². The van der Waals surface area contributed by atoms with Crippen molar-refractivity contribution in [3.8, 4) is 11.8 Å². The summed E-state index contributed by atoms with van der Waals surface area (Å²) in [4.78, 5) is 14.3. The number of hydrogen-bond donors (Lipinski definition) is 1. The van der Waals surface area contributed by atoms with Crippen LogP contribution in [0, 0.1) is 11.8 Å². The molecule has 14 heavy (non-hydrogen) atoms. The fourth-order valence-electron chi connectivity index (χ4n) is 0.785. The Bertz CT molecular complexity index is 393. The van der Waals surface area contributed by atoms with E-state index in [9.17, 15) is 4.79 Å². The van der Waals surface area contributed by atoms with E-state index in [-0.39, 0.29) is 5.91 Å². The maximum atomic E-state index is 10.5. The summed E-state index contributed by atoms with van der Waals surface area (Å²) in [6.07, 6.45) is 3.15. The number of halogens is 1. The number of carbonyl (C=O) groups is 1. The Labute approximate surface area is 87.5 Å². The first-order valence-corrected chi connectivity index (χ1v) is 4.41. The van der Waals surface area contributed by atoms with Gasteiger partial charge in [0.2, 0.25) is 5.91 Å². The van der Waals surface area contributed by atoms with Gasteiger partial charge in [-0.2, -0.15) is 0 Å². The predicted octanol–water partition coefficient (Wildman–Crippen LogP) is 1.22. The van der Waals surface area contributed by atoms with Crippen LogP contribution in [0.15, 0.2) is 18.5 Å². The minimum Gasteiger partial charge on any atom is -0.345 e. The van der Waals surface area contributed by atoms with E-state index in [0.29, 0.717) is 17.1 Å². The van der Waals surface area contributed by atoms with Gasteiger partial charge in [-0.3, -0.25) is 9.78 Å². The molecular weight excluding hydrogens is 200 g/mol. The van der Waals surface area contributed by atoms with Crippen molar-refractivity contribution < 1.29 is 4.79 Å². The zero-order valence-corrected chi connectivity index (χ0v) is 8.43. The molecule has 0 saturated heterocycles. The van der Waals surface area contributed by atoms with Gasteiger partial charge in [-0.1, -0.05) is 23.4 Å². The molecule has 0 aliphatic rings. The smallest absolute Gasteiger partial charge is 0.217 e. The normalized spacial score (nSPS) is 8.71. The second-order valence-electron chi connectivity index (χ2n) is 2.57. The van der Waals surface area contributed by atoms with Gasteiger partial charge in [-0.05, 0) is 6.07 Å². The van der Waals surface area contributed by atoms with Crippen molar-refractivity contribution in [3.05, 3.63) is 29.0 Å². The average Bonchev–Trinajstić information content (AvgIpc) is 2.15. The van der Waals surface area contributed by atoms with Crippen LogP contribution in [-0.4, -0.2) is 17.4 Å². The average molecular weight is 209 g/mol. The van der Waals surface area contributed by atoms with Gasteiger partial charge in [0.25, 0.3) is 0 Å². The molecule has 1 aromatic heterocycles. The van der Waals surface area contributed by atoms with Crippen molar-refractivity contribution in [2.24, 2.45) is 0 Å². The van der Waals surface area contributed by atoms with Crippen molar-refractivity contribution in [2.45, 2.75) is 6.92 Å². The number of amides is 1. The van der Waals surface area contributed by atoms with Crippen LogP contribution in [0.5, 0.6) is 0 Å². The molecule has 0 fully saturated rings. The molecule has 0 bridgehead atoms. The highest BCUT2D eigenvalue weighted by molar-refractivity contribution is 6.31. The van der Waals surface area contributed by atoms with Crippen LogP contribution in [0.2, 0.25) is 5.02 Å². The Hall–Kier alpha value is -1.53. The molecule has 4 heteroatoms. The van der Waals surface area contributed by atoms with Gasteiger partial charge < -0.3 is 5.32 Å². The summed E-state index contributed by atoms with van der Waals surface area (Å²) in [6, 6.07) is 1.73. The number of rotatable bonds is 1. The van der Waals surface area contributed by atoms with Crippen LogP contribution in [0.4, 0.5) is 0 Å². The molecule has 0 aliphatic carbocycles. The lowest BCUT2D eigenvalue weighted by atomic mass is 10.3. The first-order chi connectivity index (χ1) is 6.70. The Kier molecular flexibility index (Phi) is 3.96. The molecule has 0 radical (unpaired) electrons. The second-order valence-corrected chi connectivity index (χ2v) is 2.97. The van der Waals surface area contributed by atoms with Crippen molar-refractivity contribution in [1.82, 2.24) is 10.3 Å². The van der Waals surface area contributed by atoms with E-state index in [1.807, 2.05) is 0 Å². The first kappa shape index (κ1) is 10.6. The Morgan fingerprint density at radius 1 is 1.71 bits per heavy atom. The molecule has 72 valence electrons. The molecule has 0 atom stereocenters. The van der Waals surface area contributed by atoms with Crippen LogP contribution >= 0.6 is 11.6 Å². The fraction of sp³-hybridized carbons (Fsp3) is 0.200. The standard InChI is InChI=1S/C10H9ClN2O/c1-8(14)13-5-2-3-9-4-6-12-7-10(9)11/h4,6-7H,5H2,1H3,(H,13,14). The third-order valence-corrected chi connectivity index (χ3v) is 1.72.